The number of hydrogen-bond acceptors (Lipinski definition) is 3. The Morgan fingerprint density at radius 2 is 2.11 bits per heavy atom. The molecular formula is C14H17N3O2. The molecule has 0 aliphatic carbocycles. The summed E-state index contributed by atoms with van der Waals surface area (Å²) in [6.07, 6.45) is 4.78. The van der Waals surface area contributed by atoms with Gasteiger partial charge in [-0.2, -0.15) is 5.10 Å². The molecule has 0 saturated carbocycles. The second-order valence-electron chi connectivity index (χ2n) is 4.20. The molecule has 0 radical (unpaired) electrons. The van der Waals surface area contributed by atoms with E-state index in [0.717, 1.165) is 11.3 Å². The molecule has 0 bridgehead atoms. The molecule has 1 aromatic carbocycles. The summed E-state index contributed by atoms with van der Waals surface area (Å²) in [6, 6.07) is 9.87. The Balaban J connectivity index is 1.97. The normalized spacial score (nSPS) is 10.4. The van der Waals surface area contributed by atoms with Gasteiger partial charge in [-0.25, -0.2) is 9.75 Å². The van der Waals surface area contributed by atoms with Crippen molar-refractivity contribution in [3.63, 3.8) is 0 Å². The fraction of sp³-hybridized carbons (Fsp3) is 0.286. The van der Waals surface area contributed by atoms with Crippen molar-refractivity contribution in [3.8, 4) is 5.69 Å². The highest BCUT2D eigenvalue weighted by molar-refractivity contribution is 5.75. The molecule has 0 N–H and O–H groups in total. The topological polar surface area (TPSA) is 47.4 Å². The summed E-state index contributed by atoms with van der Waals surface area (Å²) >= 11 is 0. The molecule has 5 heteroatoms. The Morgan fingerprint density at radius 3 is 2.79 bits per heavy atom. The zero-order chi connectivity index (χ0) is 13.7. The monoisotopic (exact) mass is 259 g/mol. The average Bonchev–Trinajstić information content (AvgIpc) is 2.93. The van der Waals surface area contributed by atoms with E-state index in [1.165, 1.54) is 12.2 Å². The van der Waals surface area contributed by atoms with E-state index in [0.29, 0.717) is 12.8 Å². The lowest BCUT2D eigenvalue weighted by atomic mass is 10.2. The van der Waals surface area contributed by atoms with E-state index >= 15 is 0 Å². The summed E-state index contributed by atoms with van der Waals surface area (Å²) in [5.41, 5.74) is 2.04. The molecule has 2 aromatic rings. The van der Waals surface area contributed by atoms with Gasteiger partial charge in [0.25, 0.3) is 0 Å². The molecule has 0 unspecified atom stereocenters. The van der Waals surface area contributed by atoms with Crippen LogP contribution in [0.5, 0.6) is 0 Å². The first kappa shape index (κ1) is 13.3. The van der Waals surface area contributed by atoms with Crippen molar-refractivity contribution in [2.75, 3.05) is 14.2 Å². The second kappa shape index (κ2) is 6.15. The van der Waals surface area contributed by atoms with Crippen LogP contribution in [0.25, 0.3) is 5.69 Å². The van der Waals surface area contributed by atoms with E-state index < -0.39 is 0 Å². The van der Waals surface area contributed by atoms with Crippen LogP contribution in [0, 0.1) is 0 Å². The maximum Gasteiger partial charge on any atom is 0.246 e. The van der Waals surface area contributed by atoms with Gasteiger partial charge in [-0.3, -0.25) is 9.63 Å². The van der Waals surface area contributed by atoms with Gasteiger partial charge in [-0.15, -0.1) is 0 Å². The Hall–Kier alpha value is -2.14. The van der Waals surface area contributed by atoms with Crippen molar-refractivity contribution in [3.05, 3.63) is 48.3 Å². The lowest BCUT2D eigenvalue weighted by molar-refractivity contribution is -0.168. The average molecular weight is 259 g/mol. The number of hydrogen-bond donors (Lipinski definition) is 0. The van der Waals surface area contributed by atoms with Crippen LogP contribution < -0.4 is 0 Å². The molecule has 0 aliphatic rings. The highest BCUT2D eigenvalue weighted by atomic mass is 16.7. The first-order chi connectivity index (χ1) is 9.20. The minimum Gasteiger partial charge on any atom is -0.275 e. The quantitative estimate of drug-likeness (QED) is 0.770. The summed E-state index contributed by atoms with van der Waals surface area (Å²) in [5, 5.41) is 5.53. The minimum atomic E-state index is -0.0463. The molecule has 2 rings (SSSR count). The van der Waals surface area contributed by atoms with Gasteiger partial charge in [-0.1, -0.05) is 18.2 Å². The fourth-order valence-corrected chi connectivity index (χ4v) is 1.72. The molecule has 5 nitrogen and oxygen atoms in total. The van der Waals surface area contributed by atoms with E-state index in [4.69, 9.17) is 4.84 Å². The number of para-hydroxylation sites is 1. The van der Waals surface area contributed by atoms with Crippen LogP contribution in [0.4, 0.5) is 0 Å². The van der Waals surface area contributed by atoms with Crippen LogP contribution in [0.3, 0.4) is 0 Å². The number of amides is 1. The predicted molar refractivity (Wildman–Crippen MR) is 71.7 cm³/mol. The minimum absolute atomic E-state index is 0.0463. The molecule has 0 spiro atoms. The number of carbonyl (C=O) groups is 1. The van der Waals surface area contributed by atoms with E-state index in [1.807, 2.05) is 36.5 Å². The Labute approximate surface area is 112 Å². The first-order valence-electron chi connectivity index (χ1n) is 6.10. The van der Waals surface area contributed by atoms with E-state index in [9.17, 15) is 4.79 Å². The van der Waals surface area contributed by atoms with Crippen molar-refractivity contribution in [2.24, 2.45) is 0 Å². The lowest BCUT2D eigenvalue weighted by Crippen LogP contribution is -2.25. The number of rotatable bonds is 5. The summed E-state index contributed by atoms with van der Waals surface area (Å²) in [7, 11) is 3.08. The van der Waals surface area contributed by atoms with Gasteiger partial charge in [0, 0.05) is 19.7 Å². The molecular weight excluding hydrogens is 242 g/mol. The van der Waals surface area contributed by atoms with Gasteiger partial charge in [0.1, 0.15) is 0 Å². The van der Waals surface area contributed by atoms with Gasteiger partial charge in [0.05, 0.1) is 19.0 Å². The molecule has 1 aromatic heterocycles. The molecule has 0 aliphatic heterocycles. The van der Waals surface area contributed by atoms with Crippen LogP contribution in [-0.4, -0.2) is 34.9 Å². The van der Waals surface area contributed by atoms with Gasteiger partial charge in [0.15, 0.2) is 0 Å². The van der Waals surface area contributed by atoms with Gasteiger partial charge in [-0.05, 0) is 24.1 Å². The summed E-state index contributed by atoms with van der Waals surface area (Å²) in [4.78, 5) is 16.4. The molecule has 100 valence electrons. The van der Waals surface area contributed by atoms with Crippen LogP contribution in [0.15, 0.2) is 42.7 Å². The van der Waals surface area contributed by atoms with Gasteiger partial charge >= 0.3 is 0 Å². The van der Waals surface area contributed by atoms with Crippen molar-refractivity contribution < 1.29 is 9.63 Å². The first-order valence-corrected chi connectivity index (χ1v) is 6.10. The number of aromatic nitrogens is 2. The van der Waals surface area contributed by atoms with Crippen molar-refractivity contribution in [1.82, 2.24) is 14.8 Å². The number of carbonyl (C=O) groups excluding carboxylic acids is 1. The van der Waals surface area contributed by atoms with Crippen molar-refractivity contribution >= 4 is 5.91 Å². The summed E-state index contributed by atoms with van der Waals surface area (Å²) < 4.78 is 1.81. The summed E-state index contributed by atoms with van der Waals surface area (Å²) in [6.45, 7) is 0. The molecule has 0 fully saturated rings. The Morgan fingerprint density at radius 1 is 1.37 bits per heavy atom. The maximum atomic E-state index is 11.6. The Bertz CT molecular complexity index is 537. The van der Waals surface area contributed by atoms with Crippen LogP contribution >= 0.6 is 0 Å². The SMILES string of the molecule is CON(C)C(=O)CCc1cnn(-c2ccccc2)c1. The zero-order valence-corrected chi connectivity index (χ0v) is 11.1. The summed E-state index contributed by atoms with van der Waals surface area (Å²) in [5.74, 6) is -0.0463. The lowest BCUT2D eigenvalue weighted by Gasteiger charge is -2.12. The van der Waals surface area contributed by atoms with Crippen molar-refractivity contribution in [1.29, 1.82) is 0 Å². The van der Waals surface area contributed by atoms with Crippen LogP contribution in [0.1, 0.15) is 12.0 Å². The van der Waals surface area contributed by atoms with E-state index in [2.05, 4.69) is 5.10 Å². The van der Waals surface area contributed by atoms with Crippen LogP contribution in [0.2, 0.25) is 0 Å². The number of nitrogens with zero attached hydrogens (tertiary/aromatic N) is 3. The van der Waals surface area contributed by atoms with Crippen molar-refractivity contribution in [2.45, 2.75) is 12.8 Å². The van der Waals surface area contributed by atoms with Gasteiger partial charge < -0.3 is 0 Å². The smallest absolute Gasteiger partial charge is 0.246 e. The largest absolute Gasteiger partial charge is 0.275 e. The Kier molecular flexibility index (Phi) is 4.30. The third kappa shape index (κ3) is 3.42. The third-order valence-corrected chi connectivity index (χ3v) is 2.91. The molecule has 19 heavy (non-hydrogen) atoms. The molecule has 1 heterocycles. The standard InChI is InChI=1S/C14H17N3O2/c1-16(19-2)14(18)9-8-12-10-15-17(11-12)13-6-4-3-5-7-13/h3-7,10-11H,8-9H2,1-2H3. The van der Waals surface area contributed by atoms with Gasteiger partial charge in [0.2, 0.25) is 5.91 Å². The van der Waals surface area contributed by atoms with E-state index in [-0.39, 0.29) is 5.91 Å². The second-order valence-corrected chi connectivity index (χ2v) is 4.20. The van der Waals surface area contributed by atoms with E-state index in [1.54, 1.807) is 17.9 Å². The third-order valence-electron chi connectivity index (χ3n) is 2.91. The number of aryl methyl sites for hydroxylation is 1. The predicted octanol–water partition coefficient (Wildman–Crippen LogP) is 1.82. The maximum absolute atomic E-state index is 11.6. The molecule has 0 saturated heterocycles. The molecule has 1 amide bonds. The number of benzene rings is 1. The molecule has 0 atom stereocenters. The highest BCUT2D eigenvalue weighted by Gasteiger charge is 2.09. The fourth-order valence-electron chi connectivity index (χ4n) is 1.72. The zero-order valence-electron chi connectivity index (χ0n) is 11.1. The van der Waals surface area contributed by atoms with Crippen LogP contribution in [-0.2, 0) is 16.1 Å². The number of hydroxylamine groups is 2. The highest BCUT2D eigenvalue weighted by Crippen LogP contribution is 2.09.